The zero-order valence-electron chi connectivity index (χ0n) is 21.9. The lowest BCUT2D eigenvalue weighted by atomic mass is 10.1. The zero-order valence-corrected chi connectivity index (χ0v) is 21.9. The van der Waals surface area contributed by atoms with E-state index in [9.17, 15) is 14.3 Å². The van der Waals surface area contributed by atoms with Crippen molar-refractivity contribution in [3.8, 4) is 17.2 Å². The number of aryl methyl sites for hydroxylation is 1. The van der Waals surface area contributed by atoms with Crippen molar-refractivity contribution in [2.45, 2.75) is 39.1 Å². The van der Waals surface area contributed by atoms with Crippen LogP contribution in [0.25, 0.3) is 0 Å². The van der Waals surface area contributed by atoms with Gasteiger partial charge >= 0.3 is 5.97 Å². The van der Waals surface area contributed by atoms with Crippen LogP contribution in [0.3, 0.4) is 0 Å². The maximum absolute atomic E-state index is 13.7. The smallest absolute Gasteiger partial charge is 0.320 e. The van der Waals surface area contributed by atoms with Crippen molar-refractivity contribution >= 4 is 5.97 Å². The third-order valence-corrected chi connectivity index (χ3v) is 6.31. The van der Waals surface area contributed by atoms with Crippen LogP contribution in [0.2, 0.25) is 0 Å². The number of nitrogens with two attached hydrogens (primary N) is 1. The molecular weight excluding hydrogens is 495 g/mol. The molecule has 0 bridgehead atoms. The Morgan fingerprint density at radius 2 is 1.56 bits per heavy atom. The molecule has 1 unspecified atom stereocenters. The van der Waals surface area contributed by atoms with Gasteiger partial charge in [0, 0.05) is 36.8 Å². The van der Waals surface area contributed by atoms with Gasteiger partial charge in [-0.1, -0.05) is 72.3 Å². The first-order valence-corrected chi connectivity index (χ1v) is 12.9. The summed E-state index contributed by atoms with van der Waals surface area (Å²) in [6.45, 7) is 3.89. The second-order valence-electron chi connectivity index (χ2n) is 9.50. The van der Waals surface area contributed by atoms with Crippen LogP contribution in [-0.2, 0) is 24.5 Å². The highest BCUT2D eigenvalue weighted by molar-refractivity contribution is 5.73. The number of para-hydroxylation sites is 2. The van der Waals surface area contributed by atoms with E-state index in [1.54, 1.807) is 12.1 Å². The normalized spacial score (nSPS) is 11.8. The monoisotopic (exact) mass is 528 g/mol. The Kier molecular flexibility index (Phi) is 9.67. The number of hydrogen-bond donors (Lipinski definition) is 2. The van der Waals surface area contributed by atoms with Crippen molar-refractivity contribution in [3.63, 3.8) is 0 Å². The van der Waals surface area contributed by atoms with Gasteiger partial charge in [0.05, 0.1) is 0 Å². The minimum absolute atomic E-state index is 0.272. The number of rotatable bonds is 13. The summed E-state index contributed by atoms with van der Waals surface area (Å²) >= 11 is 0. The van der Waals surface area contributed by atoms with Gasteiger partial charge < -0.3 is 20.3 Å². The summed E-state index contributed by atoms with van der Waals surface area (Å²) < 4.78 is 26.0. The molecule has 0 aliphatic rings. The second-order valence-corrected chi connectivity index (χ2v) is 9.50. The quantitative estimate of drug-likeness (QED) is 0.212. The molecule has 0 radical (unpaired) electrons. The summed E-state index contributed by atoms with van der Waals surface area (Å²) in [7, 11) is 0. The zero-order chi connectivity index (χ0) is 27.6. The molecule has 4 aromatic rings. The van der Waals surface area contributed by atoms with Gasteiger partial charge in [-0.3, -0.25) is 9.69 Å². The Morgan fingerprint density at radius 3 is 2.26 bits per heavy atom. The maximum atomic E-state index is 13.7. The van der Waals surface area contributed by atoms with E-state index in [0.717, 1.165) is 22.4 Å². The number of benzene rings is 4. The van der Waals surface area contributed by atoms with Gasteiger partial charge in [-0.15, -0.1) is 0 Å². The van der Waals surface area contributed by atoms with Crippen LogP contribution in [0, 0.1) is 12.7 Å². The molecule has 0 fully saturated rings. The summed E-state index contributed by atoms with van der Waals surface area (Å²) in [6, 6.07) is 28.6. The molecule has 4 rings (SSSR count). The molecule has 0 heterocycles. The van der Waals surface area contributed by atoms with E-state index in [0.29, 0.717) is 37.7 Å². The Labute approximate surface area is 228 Å². The molecule has 7 heteroatoms. The van der Waals surface area contributed by atoms with Gasteiger partial charge in [-0.2, -0.15) is 0 Å². The first kappa shape index (κ1) is 27.8. The van der Waals surface area contributed by atoms with Crippen LogP contribution in [0.5, 0.6) is 17.2 Å². The van der Waals surface area contributed by atoms with Gasteiger partial charge in [0.1, 0.15) is 35.7 Å². The fraction of sp³-hybridized carbons (Fsp3) is 0.219. The van der Waals surface area contributed by atoms with Crippen molar-refractivity contribution in [1.82, 2.24) is 4.90 Å². The van der Waals surface area contributed by atoms with Crippen molar-refractivity contribution in [2.75, 3.05) is 6.54 Å². The summed E-state index contributed by atoms with van der Waals surface area (Å²) in [5.41, 5.74) is 9.94. The predicted octanol–water partition coefficient (Wildman–Crippen LogP) is 6.31. The number of carbonyl (C=O) groups is 1. The van der Waals surface area contributed by atoms with Gasteiger partial charge in [-0.25, -0.2) is 4.39 Å². The van der Waals surface area contributed by atoms with Gasteiger partial charge in [0.2, 0.25) is 0 Å². The van der Waals surface area contributed by atoms with Crippen molar-refractivity contribution in [2.24, 2.45) is 5.73 Å². The van der Waals surface area contributed by atoms with E-state index in [-0.39, 0.29) is 12.2 Å². The number of carboxylic acid groups (broad SMARTS) is 1. The van der Waals surface area contributed by atoms with Crippen molar-refractivity contribution in [1.29, 1.82) is 0 Å². The fourth-order valence-electron chi connectivity index (χ4n) is 4.27. The minimum Gasteiger partial charge on any atom is -0.489 e. The van der Waals surface area contributed by atoms with E-state index in [1.165, 1.54) is 17.7 Å². The first-order valence-electron chi connectivity index (χ1n) is 12.9. The number of aliphatic carboxylic acids is 1. The molecule has 0 aliphatic heterocycles. The van der Waals surface area contributed by atoms with Crippen LogP contribution in [0.15, 0.2) is 97.1 Å². The Bertz CT molecular complexity index is 1390. The van der Waals surface area contributed by atoms with Crippen LogP contribution in [0.1, 0.15) is 28.7 Å². The fourth-order valence-corrected chi connectivity index (χ4v) is 4.27. The van der Waals surface area contributed by atoms with Crippen LogP contribution in [0.4, 0.5) is 4.39 Å². The van der Waals surface area contributed by atoms with Crippen LogP contribution in [-0.4, -0.2) is 28.6 Å². The van der Waals surface area contributed by atoms with Crippen LogP contribution >= 0.6 is 0 Å². The van der Waals surface area contributed by atoms with E-state index in [4.69, 9.17) is 15.2 Å². The Balaban J connectivity index is 1.54. The molecule has 0 aromatic heterocycles. The van der Waals surface area contributed by atoms with Crippen molar-refractivity contribution in [3.05, 3.63) is 125 Å². The number of nitrogens with zero attached hydrogens (tertiary/aromatic N) is 1. The van der Waals surface area contributed by atoms with Gasteiger partial charge in [-0.05, 0) is 43.2 Å². The lowest BCUT2D eigenvalue weighted by molar-refractivity contribution is -0.138. The lowest BCUT2D eigenvalue weighted by Crippen LogP contribution is -2.35. The Hall–Kier alpha value is -4.20. The van der Waals surface area contributed by atoms with E-state index >= 15 is 0 Å². The molecule has 6 nitrogen and oxygen atoms in total. The molecule has 1 atom stereocenters. The molecule has 4 aromatic carbocycles. The molecule has 0 aliphatic carbocycles. The predicted molar refractivity (Wildman–Crippen MR) is 149 cm³/mol. The number of halogens is 1. The standard InChI is InChI=1S/C32H33FN2O4/c1-23-8-6-9-24(18-23)22-38-30-14-4-2-10-25(30)20-35(17-16-29(34)32(36)37)21-26-11-3-5-15-31(26)39-28-13-7-12-27(33)19-28/h2-15,18-19,29H,16-17,20-22,34H2,1H3,(H,36,37). The van der Waals surface area contributed by atoms with Gasteiger partial charge in [0.15, 0.2) is 0 Å². The third-order valence-electron chi connectivity index (χ3n) is 6.31. The van der Waals surface area contributed by atoms with Crippen LogP contribution < -0.4 is 15.2 Å². The molecule has 0 amide bonds. The SMILES string of the molecule is Cc1cccc(COc2ccccc2CN(CCC(N)C(=O)O)Cc2ccccc2Oc2cccc(F)c2)c1. The van der Waals surface area contributed by atoms with E-state index < -0.39 is 12.0 Å². The van der Waals surface area contributed by atoms with Gasteiger partial charge in [0.25, 0.3) is 0 Å². The number of carboxylic acids is 1. The third kappa shape index (κ3) is 8.40. The number of ether oxygens (including phenoxy) is 2. The van der Waals surface area contributed by atoms with E-state index in [1.807, 2.05) is 73.7 Å². The van der Waals surface area contributed by atoms with E-state index in [2.05, 4.69) is 11.0 Å². The molecule has 202 valence electrons. The number of hydrogen-bond acceptors (Lipinski definition) is 5. The maximum Gasteiger partial charge on any atom is 0.320 e. The molecule has 39 heavy (non-hydrogen) atoms. The average molecular weight is 529 g/mol. The summed E-state index contributed by atoms with van der Waals surface area (Å²) in [4.78, 5) is 13.5. The molecular formula is C32H33FN2O4. The first-order chi connectivity index (χ1) is 18.9. The summed E-state index contributed by atoms with van der Waals surface area (Å²) in [5, 5.41) is 9.33. The molecule has 3 N–H and O–H groups in total. The highest BCUT2D eigenvalue weighted by Crippen LogP contribution is 2.28. The summed E-state index contributed by atoms with van der Waals surface area (Å²) in [6.07, 6.45) is 0.272. The highest BCUT2D eigenvalue weighted by atomic mass is 19.1. The average Bonchev–Trinajstić information content (AvgIpc) is 2.92. The molecule has 0 spiro atoms. The van der Waals surface area contributed by atoms with Crippen molar-refractivity contribution < 1.29 is 23.8 Å². The highest BCUT2D eigenvalue weighted by Gasteiger charge is 2.18. The summed E-state index contributed by atoms with van der Waals surface area (Å²) in [5.74, 6) is 0.343. The lowest BCUT2D eigenvalue weighted by Gasteiger charge is -2.25. The molecule has 0 saturated heterocycles. The second kappa shape index (κ2) is 13.6. The molecule has 0 saturated carbocycles. The largest absolute Gasteiger partial charge is 0.489 e. The Morgan fingerprint density at radius 1 is 0.897 bits per heavy atom. The minimum atomic E-state index is -1.04. The topological polar surface area (TPSA) is 85.0 Å².